The van der Waals surface area contributed by atoms with Gasteiger partial charge in [0.2, 0.25) is 0 Å². The molecule has 0 aromatic heterocycles. The third-order valence-electron chi connectivity index (χ3n) is 3.02. The second-order valence-corrected chi connectivity index (χ2v) is 4.73. The van der Waals surface area contributed by atoms with E-state index in [0.29, 0.717) is 0 Å². The molecule has 0 aliphatic carbocycles. The molecule has 0 saturated carbocycles. The lowest BCUT2D eigenvalue weighted by atomic mass is 9.87. The number of hydrogen-bond acceptors (Lipinski definition) is 4. The van der Waals surface area contributed by atoms with Crippen LogP contribution in [0.5, 0.6) is 0 Å². The smallest absolute Gasteiger partial charge is 0.0455 e. The number of carbonyl (C=O) groups excluding carboxylic acids is 2. The summed E-state index contributed by atoms with van der Waals surface area (Å²) >= 11 is 0. The predicted molar refractivity (Wildman–Crippen MR) is 62.3 cm³/mol. The fourth-order valence-corrected chi connectivity index (χ4v) is 2.07. The Balaban J connectivity index is 2.96. The SMILES string of the molecule is Cc1cc(C)cc(CC(C(=O)[O-])C(C)C(=O)[O-])c1. The molecule has 4 heteroatoms. The fourth-order valence-electron chi connectivity index (χ4n) is 2.07. The molecule has 2 atom stereocenters. The van der Waals surface area contributed by atoms with E-state index in [1.54, 1.807) is 0 Å². The third-order valence-corrected chi connectivity index (χ3v) is 3.02. The van der Waals surface area contributed by atoms with Crippen LogP contribution in [0.2, 0.25) is 0 Å². The van der Waals surface area contributed by atoms with Gasteiger partial charge in [0.1, 0.15) is 0 Å². The fraction of sp³-hybridized carbons (Fsp3) is 0.429. The van der Waals surface area contributed by atoms with Gasteiger partial charge in [-0.2, -0.15) is 0 Å². The summed E-state index contributed by atoms with van der Waals surface area (Å²) in [6.07, 6.45) is 0.139. The molecule has 0 N–H and O–H groups in total. The maximum atomic E-state index is 11.0. The molecule has 4 nitrogen and oxygen atoms in total. The highest BCUT2D eigenvalue weighted by atomic mass is 16.4. The lowest BCUT2D eigenvalue weighted by Crippen LogP contribution is -2.43. The van der Waals surface area contributed by atoms with Gasteiger partial charge in [0.05, 0.1) is 0 Å². The molecule has 0 saturated heterocycles. The van der Waals surface area contributed by atoms with E-state index in [1.807, 2.05) is 32.0 Å². The number of rotatable bonds is 5. The van der Waals surface area contributed by atoms with Crippen molar-refractivity contribution in [3.63, 3.8) is 0 Å². The highest BCUT2D eigenvalue weighted by molar-refractivity contribution is 5.77. The quantitative estimate of drug-likeness (QED) is 0.710. The van der Waals surface area contributed by atoms with Crippen LogP contribution >= 0.6 is 0 Å². The standard InChI is InChI=1S/C14H18O4/c1-8-4-9(2)6-11(5-8)7-12(14(17)18)10(3)13(15)16/h4-6,10,12H,7H2,1-3H3,(H,15,16)(H,17,18)/p-2. The van der Waals surface area contributed by atoms with Gasteiger partial charge in [-0.25, -0.2) is 0 Å². The number of carbonyl (C=O) groups is 2. The van der Waals surface area contributed by atoms with Crippen LogP contribution in [0.1, 0.15) is 23.6 Å². The summed E-state index contributed by atoms with van der Waals surface area (Å²) in [6.45, 7) is 5.15. The van der Waals surface area contributed by atoms with Gasteiger partial charge in [0, 0.05) is 23.8 Å². The van der Waals surface area contributed by atoms with Gasteiger partial charge < -0.3 is 19.8 Å². The van der Waals surface area contributed by atoms with E-state index in [-0.39, 0.29) is 6.42 Å². The number of aryl methyl sites for hydroxylation is 2. The lowest BCUT2D eigenvalue weighted by molar-refractivity contribution is -0.326. The minimum Gasteiger partial charge on any atom is -0.550 e. The summed E-state index contributed by atoms with van der Waals surface area (Å²) in [7, 11) is 0. The Hall–Kier alpha value is -1.84. The number of benzene rings is 1. The van der Waals surface area contributed by atoms with Crippen molar-refractivity contribution < 1.29 is 19.8 Å². The van der Waals surface area contributed by atoms with Crippen LogP contribution in [0.25, 0.3) is 0 Å². The molecular weight excluding hydrogens is 232 g/mol. The first-order chi connectivity index (χ1) is 8.31. The highest BCUT2D eigenvalue weighted by Crippen LogP contribution is 2.19. The summed E-state index contributed by atoms with van der Waals surface area (Å²) < 4.78 is 0. The van der Waals surface area contributed by atoms with Crippen molar-refractivity contribution in [3.05, 3.63) is 34.9 Å². The summed E-state index contributed by atoms with van der Waals surface area (Å²) in [5.74, 6) is -4.87. The van der Waals surface area contributed by atoms with Gasteiger partial charge in [-0.3, -0.25) is 0 Å². The first kappa shape index (κ1) is 14.2. The van der Waals surface area contributed by atoms with E-state index in [1.165, 1.54) is 6.92 Å². The molecule has 98 valence electrons. The van der Waals surface area contributed by atoms with Crippen LogP contribution in [-0.2, 0) is 16.0 Å². The van der Waals surface area contributed by atoms with E-state index in [4.69, 9.17) is 0 Å². The van der Waals surface area contributed by atoms with Gasteiger partial charge >= 0.3 is 0 Å². The predicted octanol–water partition coefficient (Wildman–Crippen LogP) is -0.402. The molecule has 1 rings (SSSR count). The Morgan fingerprint density at radius 2 is 1.56 bits per heavy atom. The first-order valence-corrected chi connectivity index (χ1v) is 5.80. The molecule has 0 fully saturated rings. The summed E-state index contributed by atoms with van der Waals surface area (Å²) in [6, 6.07) is 5.68. The number of carboxylic acid groups (broad SMARTS) is 2. The minimum atomic E-state index is -1.37. The number of hydrogen-bond donors (Lipinski definition) is 0. The molecule has 0 spiro atoms. The van der Waals surface area contributed by atoms with Crippen LogP contribution in [0.3, 0.4) is 0 Å². The zero-order valence-corrected chi connectivity index (χ0v) is 10.7. The van der Waals surface area contributed by atoms with Crippen molar-refractivity contribution in [1.29, 1.82) is 0 Å². The van der Waals surface area contributed by atoms with Gasteiger partial charge in [-0.15, -0.1) is 0 Å². The van der Waals surface area contributed by atoms with Crippen LogP contribution in [0.15, 0.2) is 18.2 Å². The van der Waals surface area contributed by atoms with Crippen molar-refractivity contribution in [2.75, 3.05) is 0 Å². The van der Waals surface area contributed by atoms with Crippen molar-refractivity contribution in [1.82, 2.24) is 0 Å². The third kappa shape index (κ3) is 3.58. The van der Waals surface area contributed by atoms with Gasteiger partial charge in [0.25, 0.3) is 0 Å². The normalized spacial score (nSPS) is 13.9. The topological polar surface area (TPSA) is 80.3 Å². The average Bonchev–Trinajstić information content (AvgIpc) is 2.23. The summed E-state index contributed by atoms with van der Waals surface area (Å²) in [5, 5.41) is 21.8. The van der Waals surface area contributed by atoms with Crippen LogP contribution < -0.4 is 10.2 Å². The van der Waals surface area contributed by atoms with Crippen LogP contribution in [0, 0.1) is 25.7 Å². The Labute approximate surface area is 106 Å². The van der Waals surface area contributed by atoms with Gasteiger partial charge in [0.15, 0.2) is 0 Å². The van der Waals surface area contributed by atoms with Crippen molar-refractivity contribution in [2.24, 2.45) is 11.8 Å². The van der Waals surface area contributed by atoms with Crippen LogP contribution in [0.4, 0.5) is 0 Å². The molecule has 0 bridgehead atoms. The Bertz CT molecular complexity index is 445. The summed E-state index contributed by atoms with van der Waals surface area (Å²) in [5.41, 5.74) is 2.83. The molecule has 0 amide bonds. The average molecular weight is 248 g/mol. The Morgan fingerprint density at radius 3 is 1.94 bits per heavy atom. The molecule has 0 radical (unpaired) electrons. The van der Waals surface area contributed by atoms with Crippen molar-refractivity contribution in [3.8, 4) is 0 Å². The number of aliphatic carboxylic acids is 2. The second kappa shape index (κ2) is 5.67. The number of carboxylic acids is 2. The zero-order chi connectivity index (χ0) is 13.9. The van der Waals surface area contributed by atoms with E-state index in [0.717, 1.165) is 16.7 Å². The van der Waals surface area contributed by atoms with E-state index < -0.39 is 23.8 Å². The molecule has 0 aliphatic heterocycles. The first-order valence-electron chi connectivity index (χ1n) is 5.80. The molecule has 0 aliphatic rings. The largest absolute Gasteiger partial charge is 0.550 e. The monoisotopic (exact) mass is 248 g/mol. The maximum absolute atomic E-state index is 11.0. The lowest BCUT2D eigenvalue weighted by Gasteiger charge is -2.26. The van der Waals surface area contributed by atoms with E-state index in [9.17, 15) is 19.8 Å². The van der Waals surface area contributed by atoms with E-state index >= 15 is 0 Å². The molecule has 18 heavy (non-hydrogen) atoms. The Morgan fingerprint density at radius 1 is 1.06 bits per heavy atom. The maximum Gasteiger partial charge on any atom is 0.0455 e. The molecule has 2 unspecified atom stereocenters. The van der Waals surface area contributed by atoms with Crippen molar-refractivity contribution in [2.45, 2.75) is 27.2 Å². The summed E-state index contributed by atoms with van der Waals surface area (Å²) in [4.78, 5) is 21.8. The zero-order valence-electron chi connectivity index (χ0n) is 10.7. The molecule has 1 aromatic rings. The highest BCUT2D eigenvalue weighted by Gasteiger charge is 2.20. The van der Waals surface area contributed by atoms with E-state index in [2.05, 4.69) is 0 Å². The minimum absolute atomic E-state index is 0.139. The van der Waals surface area contributed by atoms with Gasteiger partial charge in [-0.1, -0.05) is 36.2 Å². The van der Waals surface area contributed by atoms with Crippen LogP contribution in [-0.4, -0.2) is 11.9 Å². The molecule has 1 aromatic carbocycles. The van der Waals surface area contributed by atoms with Gasteiger partial charge in [-0.05, 0) is 25.8 Å². The Kier molecular flexibility index (Phi) is 4.48. The molecular formula is C14H16O4-2. The molecule has 0 heterocycles. The second-order valence-electron chi connectivity index (χ2n) is 4.73. The van der Waals surface area contributed by atoms with Crippen molar-refractivity contribution >= 4 is 11.9 Å².